The normalized spacial score (nSPS) is 19.0. The van der Waals surface area contributed by atoms with Crippen molar-refractivity contribution in [1.29, 1.82) is 0 Å². The first kappa shape index (κ1) is 25.2. The molecule has 3 aromatic carbocycles. The summed E-state index contributed by atoms with van der Waals surface area (Å²) < 4.78 is 6.31. The lowest BCUT2D eigenvalue weighted by atomic mass is 9.86. The van der Waals surface area contributed by atoms with E-state index in [-0.39, 0.29) is 17.2 Å². The van der Waals surface area contributed by atoms with Crippen LogP contribution in [0.5, 0.6) is 5.75 Å². The summed E-state index contributed by atoms with van der Waals surface area (Å²) in [5.41, 5.74) is 9.81. The molecule has 3 aromatic rings. The fourth-order valence-electron chi connectivity index (χ4n) is 5.05. The Morgan fingerprint density at radius 2 is 1.62 bits per heavy atom. The van der Waals surface area contributed by atoms with E-state index in [2.05, 4.69) is 81.4 Å². The molecule has 0 bridgehead atoms. The first-order chi connectivity index (χ1) is 17.8. The highest BCUT2D eigenvalue weighted by Crippen LogP contribution is 2.42. The van der Waals surface area contributed by atoms with Crippen LogP contribution in [0.25, 0.3) is 5.70 Å². The standard InChI is InChI=1S/C32H37N3O2/c1-6-34(7-2)21-22-12-14-23(15-13-22)27-20-28-26-10-8-9-11-29(26)37-31(35(28)33-27)30(36)24-16-18-25(19-17-24)32(3,4)5/h8-20,28,31,33H,6-7,21H2,1-5H3. The number of nitrogens with zero attached hydrogens (tertiary/aromatic N) is 2. The number of benzene rings is 3. The van der Waals surface area contributed by atoms with Crippen LogP contribution in [0.3, 0.4) is 0 Å². The molecule has 0 spiro atoms. The Hall–Kier alpha value is -3.41. The maximum Gasteiger partial charge on any atom is 0.233 e. The molecule has 0 aromatic heterocycles. The Morgan fingerprint density at radius 1 is 0.946 bits per heavy atom. The Morgan fingerprint density at radius 3 is 2.27 bits per heavy atom. The lowest BCUT2D eigenvalue weighted by molar-refractivity contribution is -0.0151. The summed E-state index contributed by atoms with van der Waals surface area (Å²) in [6.07, 6.45) is 1.43. The van der Waals surface area contributed by atoms with Crippen molar-refractivity contribution < 1.29 is 9.53 Å². The largest absolute Gasteiger partial charge is 0.465 e. The molecule has 0 fully saturated rings. The van der Waals surface area contributed by atoms with Crippen molar-refractivity contribution in [1.82, 2.24) is 15.3 Å². The summed E-state index contributed by atoms with van der Waals surface area (Å²) in [6, 6.07) is 24.5. The lowest BCUT2D eigenvalue weighted by Gasteiger charge is -2.37. The zero-order chi connectivity index (χ0) is 26.2. The number of ether oxygens (including phenoxy) is 1. The number of hydrogen-bond acceptors (Lipinski definition) is 5. The molecule has 1 N–H and O–H groups in total. The number of para-hydroxylation sites is 1. The predicted molar refractivity (Wildman–Crippen MR) is 149 cm³/mol. The summed E-state index contributed by atoms with van der Waals surface area (Å²) in [4.78, 5) is 16.1. The summed E-state index contributed by atoms with van der Waals surface area (Å²) in [7, 11) is 0. The molecular weight excluding hydrogens is 458 g/mol. The van der Waals surface area contributed by atoms with E-state index in [0.29, 0.717) is 5.56 Å². The highest BCUT2D eigenvalue weighted by atomic mass is 16.5. The third kappa shape index (κ3) is 5.07. The quantitative estimate of drug-likeness (QED) is 0.388. The van der Waals surface area contributed by atoms with Crippen molar-refractivity contribution in [2.75, 3.05) is 13.1 Å². The number of rotatable bonds is 7. The fourth-order valence-corrected chi connectivity index (χ4v) is 5.05. The van der Waals surface area contributed by atoms with Gasteiger partial charge in [-0.25, -0.2) is 0 Å². The number of hydrazine groups is 1. The van der Waals surface area contributed by atoms with Gasteiger partial charge in [0.05, 0.1) is 11.7 Å². The molecule has 0 radical (unpaired) electrons. The number of carbonyl (C=O) groups is 1. The van der Waals surface area contributed by atoms with Gasteiger partial charge >= 0.3 is 0 Å². The molecule has 2 aliphatic heterocycles. The van der Waals surface area contributed by atoms with E-state index in [9.17, 15) is 4.79 Å². The second-order valence-corrected chi connectivity index (χ2v) is 10.9. The topological polar surface area (TPSA) is 44.8 Å². The van der Waals surface area contributed by atoms with E-state index < -0.39 is 6.23 Å². The Balaban J connectivity index is 1.42. The predicted octanol–water partition coefficient (Wildman–Crippen LogP) is 6.33. The van der Waals surface area contributed by atoms with Gasteiger partial charge in [-0.2, -0.15) is 5.01 Å². The van der Waals surface area contributed by atoms with Crippen LogP contribution in [0.15, 0.2) is 78.9 Å². The summed E-state index contributed by atoms with van der Waals surface area (Å²) in [6.45, 7) is 13.9. The first-order valence-corrected chi connectivity index (χ1v) is 13.3. The Kier molecular flexibility index (Phi) is 6.93. The van der Waals surface area contributed by atoms with Gasteiger partial charge in [-0.05, 0) is 47.3 Å². The SMILES string of the molecule is CCN(CC)Cc1ccc(C2=CC3c4ccccc4OC(C(=O)c4ccc(C(C)(C)C)cc4)N3N2)cc1. The van der Waals surface area contributed by atoms with Gasteiger partial charge in [-0.1, -0.05) is 101 Å². The van der Waals surface area contributed by atoms with E-state index in [1.807, 2.05) is 47.5 Å². The summed E-state index contributed by atoms with van der Waals surface area (Å²) in [5, 5.41) is 1.95. The first-order valence-electron chi connectivity index (χ1n) is 13.3. The van der Waals surface area contributed by atoms with Crippen molar-refractivity contribution >= 4 is 11.5 Å². The molecule has 2 heterocycles. The zero-order valence-electron chi connectivity index (χ0n) is 22.5. The third-order valence-electron chi connectivity index (χ3n) is 7.43. The number of fused-ring (bicyclic) bond motifs is 3. The smallest absolute Gasteiger partial charge is 0.233 e. The number of nitrogens with one attached hydrogen (secondary N) is 1. The van der Waals surface area contributed by atoms with Gasteiger partial charge in [0.2, 0.25) is 12.0 Å². The van der Waals surface area contributed by atoms with Gasteiger partial charge in [0.15, 0.2) is 0 Å². The summed E-state index contributed by atoms with van der Waals surface area (Å²) in [5.74, 6) is 0.693. The lowest BCUT2D eigenvalue weighted by Crippen LogP contribution is -2.52. The minimum absolute atomic E-state index is 0.0309. The van der Waals surface area contributed by atoms with Gasteiger partial charge in [-0.3, -0.25) is 9.69 Å². The number of hydrogen-bond donors (Lipinski definition) is 1. The Bertz CT molecular complexity index is 1280. The Labute approximate surface area is 220 Å². The van der Waals surface area contributed by atoms with Gasteiger partial charge in [0.25, 0.3) is 0 Å². The molecule has 5 heteroatoms. The van der Waals surface area contributed by atoms with Crippen LogP contribution < -0.4 is 10.2 Å². The highest BCUT2D eigenvalue weighted by Gasteiger charge is 2.43. The van der Waals surface area contributed by atoms with E-state index in [4.69, 9.17) is 4.74 Å². The fraction of sp³-hybridized carbons (Fsp3) is 0.344. The van der Waals surface area contributed by atoms with Crippen LogP contribution in [0.1, 0.15) is 73.3 Å². The van der Waals surface area contributed by atoms with Crippen LogP contribution in [0.4, 0.5) is 0 Å². The maximum absolute atomic E-state index is 13.7. The average Bonchev–Trinajstić information content (AvgIpc) is 3.36. The molecule has 2 unspecified atom stereocenters. The monoisotopic (exact) mass is 495 g/mol. The van der Waals surface area contributed by atoms with Gasteiger partial charge in [0, 0.05) is 17.7 Å². The van der Waals surface area contributed by atoms with Crippen molar-refractivity contribution in [2.45, 2.75) is 58.8 Å². The number of Topliss-reactive ketones (excluding diaryl/α,β-unsaturated/α-hetero) is 1. The van der Waals surface area contributed by atoms with Crippen molar-refractivity contribution in [3.8, 4) is 5.75 Å². The van der Waals surface area contributed by atoms with E-state index >= 15 is 0 Å². The van der Waals surface area contributed by atoms with E-state index in [1.165, 1.54) is 11.1 Å². The maximum atomic E-state index is 13.7. The number of ketones is 1. The third-order valence-corrected chi connectivity index (χ3v) is 7.43. The number of carbonyl (C=O) groups excluding carboxylic acids is 1. The molecule has 5 nitrogen and oxygen atoms in total. The van der Waals surface area contributed by atoms with Gasteiger partial charge < -0.3 is 10.2 Å². The molecular formula is C32H37N3O2. The van der Waals surface area contributed by atoms with Gasteiger partial charge in [-0.15, -0.1) is 0 Å². The van der Waals surface area contributed by atoms with Crippen molar-refractivity contribution in [3.63, 3.8) is 0 Å². The molecule has 0 amide bonds. The van der Waals surface area contributed by atoms with Crippen molar-refractivity contribution in [3.05, 3.63) is 107 Å². The molecule has 37 heavy (non-hydrogen) atoms. The van der Waals surface area contributed by atoms with Crippen LogP contribution in [0.2, 0.25) is 0 Å². The molecule has 0 aliphatic carbocycles. The average molecular weight is 496 g/mol. The van der Waals surface area contributed by atoms with Crippen LogP contribution in [-0.2, 0) is 12.0 Å². The van der Waals surface area contributed by atoms with E-state index in [0.717, 1.165) is 42.2 Å². The second kappa shape index (κ2) is 10.2. The zero-order valence-corrected chi connectivity index (χ0v) is 22.5. The minimum Gasteiger partial charge on any atom is -0.465 e. The van der Waals surface area contributed by atoms with Crippen molar-refractivity contribution in [2.24, 2.45) is 0 Å². The van der Waals surface area contributed by atoms with Crippen LogP contribution >= 0.6 is 0 Å². The molecule has 5 rings (SSSR count). The van der Waals surface area contributed by atoms with E-state index in [1.54, 1.807) is 0 Å². The molecule has 2 aliphatic rings. The molecule has 192 valence electrons. The summed E-state index contributed by atoms with van der Waals surface area (Å²) >= 11 is 0. The second-order valence-electron chi connectivity index (χ2n) is 10.9. The molecule has 0 saturated carbocycles. The molecule has 0 saturated heterocycles. The highest BCUT2D eigenvalue weighted by molar-refractivity contribution is 6.00. The van der Waals surface area contributed by atoms with Crippen LogP contribution in [0, 0.1) is 0 Å². The minimum atomic E-state index is -0.768. The van der Waals surface area contributed by atoms with Crippen LogP contribution in [-0.4, -0.2) is 35.0 Å². The van der Waals surface area contributed by atoms with Gasteiger partial charge in [0.1, 0.15) is 5.75 Å². The molecule has 2 atom stereocenters.